The highest BCUT2D eigenvalue weighted by molar-refractivity contribution is 5.99. The third-order valence-electron chi connectivity index (χ3n) is 5.98. The van der Waals surface area contributed by atoms with Crippen LogP contribution in [0.5, 0.6) is 0 Å². The van der Waals surface area contributed by atoms with Gasteiger partial charge < -0.3 is 11.1 Å². The smallest absolute Gasteiger partial charge is 0.251 e. The Morgan fingerprint density at radius 3 is 2.47 bits per heavy atom. The summed E-state index contributed by atoms with van der Waals surface area (Å²) in [5.74, 6) is -0.843. The SMILES string of the molecule is CC(C)[C@]1(C)CC(=O)N(Cc2cc(C(=O)N[C@@H](C)c3ccccc3)ccc2F)C(N)=N1.Cl. The summed E-state index contributed by atoms with van der Waals surface area (Å²) in [6, 6.07) is 13.5. The molecule has 0 aromatic heterocycles. The van der Waals surface area contributed by atoms with Crippen molar-refractivity contribution in [3.63, 3.8) is 0 Å². The van der Waals surface area contributed by atoms with Gasteiger partial charge >= 0.3 is 0 Å². The van der Waals surface area contributed by atoms with Gasteiger partial charge in [-0.15, -0.1) is 12.4 Å². The summed E-state index contributed by atoms with van der Waals surface area (Å²) in [7, 11) is 0. The number of guanidine groups is 1. The Kier molecular flexibility index (Phi) is 8.02. The van der Waals surface area contributed by atoms with Crippen molar-refractivity contribution in [2.45, 2.75) is 52.2 Å². The lowest BCUT2D eigenvalue weighted by Gasteiger charge is -2.37. The largest absolute Gasteiger partial charge is 0.369 e. The van der Waals surface area contributed by atoms with E-state index in [-0.39, 0.29) is 60.7 Å². The van der Waals surface area contributed by atoms with E-state index in [1.165, 1.54) is 23.1 Å². The molecule has 0 bridgehead atoms. The van der Waals surface area contributed by atoms with Crippen molar-refractivity contribution in [3.8, 4) is 0 Å². The van der Waals surface area contributed by atoms with Gasteiger partial charge in [0.1, 0.15) is 5.82 Å². The zero-order valence-electron chi connectivity index (χ0n) is 18.8. The average molecular weight is 461 g/mol. The van der Waals surface area contributed by atoms with E-state index in [0.29, 0.717) is 5.56 Å². The van der Waals surface area contributed by atoms with Crippen LogP contribution in [0.25, 0.3) is 0 Å². The molecule has 2 amide bonds. The standard InChI is InChI=1S/C24H29FN4O2.ClH/c1-15(2)24(4)13-21(30)29(23(26)28-24)14-19-12-18(10-11-20(19)25)22(31)27-16(3)17-8-6-5-7-9-17;/h5-12,15-16H,13-14H2,1-4H3,(H2,26,28)(H,27,31);1H/t16-,24-;/m0./s1. The van der Waals surface area contributed by atoms with Crippen LogP contribution in [-0.4, -0.2) is 28.2 Å². The Hall–Kier alpha value is -2.93. The van der Waals surface area contributed by atoms with Gasteiger partial charge in [-0.05, 0) is 43.5 Å². The molecule has 1 aliphatic rings. The summed E-state index contributed by atoms with van der Waals surface area (Å²) in [6.07, 6.45) is 0.196. The zero-order chi connectivity index (χ0) is 22.8. The molecule has 0 fully saturated rings. The number of rotatable bonds is 6. The molecule has 1 heterocycles. The fraction of sp³-hybridized carbons (Fsp3) is 0.375. The molecule has 0 aliphatic carbocycles. The maximum atomic E-state index is 14.5. The van der Waals surface area contributed by atoms with Crippen LogP contribution in [0.1, 0.15) is 61.6 Å². The van der Waals surface area contributed by atoms with Crippen molar-refractivity contribution in [2.75, 3.05) is 0 Å². The van der Waals surface area contributed by atoms with E-state index in [4.69, 9.17) is 5.73 Å². The van der Waals surface area contributed by atoms with Gasteiger partial charge in [0.15, 0.2) is 5.96 Å². The van der Waals surface area contributed by atoms with Crippen LogP contribution < -0.4 is 11.1 Å². The third kappa shape index (κ3) is 5.46. The number of carbonyl (C=O) groups is 2. The molecule has 3 rings (SSSR count). The summed E-state index contributed by atoms with van der Waals surface area (Å²) in [5, 5.41) is 2.91. The highest BCUT2D eigenvalue weighted by atomic mass is 35.5. The summed E-state index contributed by atoms with van der Waals surface area (Å²) in [4.78, 5) is 31.2. The Morgan fingerprint density at radius 1 is 1.22 bits per heavy atom. The summed E-state index contributed by atoms with van der Waals surface area (Å²) < 4.78 is 14.5. The molecule has 2 atom stereocenters. The van der Waals surface area contributed by atoms with Crippen LogP contribution >= 0.6 is 12.4 Å². The predicted molar refractivity (Wildman–Crippen MR) is 126 cm³/mol. The first kappa shape index (κ1) is 25.3. The quantitative estimate of drug-likeness (QED) is 0.677. The molecule has 1 aliphatic heterocycles. The number of hydrogen-bond acceptors (Lipinski definition) is 4. The number of halogens is 2. The molecule has 0 saturated carbocycles. The summed E-state index contributed by atoms with van der Waals surface area (Å²) in [5.41, 5.74) is 6.97. The molecule has 0 spiro atoms. The lowest BCUT2D eigenvalue weighted by atomic mass is 9.84. The Bertz CT molecular complexity index is 1010. The predicted octanol–water partition coefficient (Wildman–Crippen LogP) is 4.20. The second-order valence-corrected chi connectivity index (χ2v) is 8.55. The van der Waals surface area contributed by atoms with Crippen LogP contribution in [0.2, 0.25) is 0 Å². The van der Waals surface area contributed by atoms with E-state index in [1.54, 1.807) is 0 Å². The fourth-order valence-corrected chi connectivity index (χ4v) is 3.51. The van der Waals surface area contributed by atoms with Crippen molar-refractivity contribution >= 4 is 30.2 Å². The number of amides is 2. The van der Waals surface area contributed by atoms with Crippen molar-refractivity contribution in [1.29, 1.82) is 0 Å². The number of aliphatic imine (C=N–C) groups is 1. The molecule has 0 unspecified atom stereocenters. The lowest BCUT2D eigenvalue weighted by molar-refractivity contribution is -0.130. The topological polar surface area (TPSA) is 87.8 Å². The highest BCUT2D eigenvalue weighted by Crippen LogP contribution is 2.30. The summed E-state index contributed by atoms with van der Waals surface area (Å²) >= 11 is 0. The number of nitrogens with zero attached hydrogens (tertiary/aromatic N) is 2. The minimum atomic E-state index is -0.578. The molecule has 2 aromatic rings. The first-order valence-corrected chi connectivity index (χ1v) is 10.4. The molecule has 6 nitrogen and oxygen atoms in total. The van der Waals surface area contributed by atoms with Crippen LogP contribution in [0, 0.1) is 11.7 Å². The maximum Gasteiger partial charge on any atom is 0.251 e. The average Bonchev–Trinajstić information content (AvgIpc) is 2.72. The van der Waals surface area contributed by atoms with Crippen molar-refractivity contribution in [3.05, 3.63) is 71.0 Å². The number of hydrogen-bond donors (Lipinski definition) is 2. The van der Waals surface area contributed by atoms with Crippen LogP contribution in [0.3, 0.4) is 0 Å². The number of nitrogens with one attached hydrogen (secondary N) is 1. The number of nitrogens with two attached hydrogens (primary N) is 1. The first-order valence-electron chi connectivity index (χ1n) is 10.4. The highest BCUT2D eigenvalue weighted by Gasteiger charge is 2.38. The minimum Gasteiger partial charge on any atom is -0.369 e. The first-order chi connectivity index (χ1) is 14.6. The number of carbonyl (C=O) groups excluding carboxylic acids is 2. The Balaban J connectivity index is 0.00000363. The van der Waals surface area contributed by atoms with Crippen molar-refractivity contribution < 1.29 is 14.0 Å². The van der Waals surface area contributed by atoms with Crippen LogP contribution in [0.15, 0.2) is 53.5 Å². The maximum absolute atomic E-state index is 14.5. The van der Waals surface area contributed by atoms with E-state index < -0.39 is 11.4 Å². The van der Waals surface area contributed by atoms with Gasteiger partial charge in [-0.2, -0.15) is 0 Å². The fourth-order valence-electron chi connectivity index (χ4n) is 3.51. The second-order valence-electron chi connectivity index (χ2n) is 8.55. The molecule has 2 aromatic carbocycles. The second kappa shape index (κ2) is 10.1. The van der Waals surface area contributed by atoms with E-state index in [2.05, 4.69) is 10.3 Å². The Morgan fingerprint density at radius 2 is 1.88 bits per heavy atom. The number of benzene rings is 2. The van der Waals surface area contributed by atoms with Crippen LogP contribution in [0.4, 0.5) is 4.39 Å². The van der Waals surface area contributed by atoms with E-state index in [0.717, 1.165) is 5.56 Å². The third-order valence-corrected chi connectivity index (χ3v) is 5.98. The summed E-state index contributed by atoms with van der Waals surface area (Å²) in [6.45, 7) is 7.66. The van der Waals surface area contributed by atoms with Gasteiger partial charge in [-0.25, -0.2) is 9.38 Å². The normalized spacial score (nSPS) is 19.2. The molecule has 0 saturated heterocycles. The zero-order valence-corrected chi connectivity index (χ0v) is 19.6. The molecular weight excluding hydrogens is 431 g/mol. The molecule has 8 heteroatoms. The lowest BCUT2D eigenvalue weighted by Crippen LogP contribution is -2.51. The molecule has 0 radical (unpaired) electrons. The van der Waals surface area contributed by atoms with Crippen molar-refractivity contribution in [2.24, 2.45) is 16.6 Å². The monoisotopic (exact) mass is 460 g/mol. The van der Waals surface area contributed by atoms with Crippen LogP contribution in [-0.2, 0) is 11.3 Å². The van der Waals surface area contributed by atoms with Gasteiger partial charge in [0, 0.05) is 11.1 Å². The van der Waals surface area contributed by atoms with Gasteiger partial charge in [0.25, 0.3) is 5.91 Å². The molecular formula is C24H30ClFN4O2. The van der Waals surface area contributed by atoms with E-state index >= 15 is 0 Å². The van der Waals surface area contributed by atoms with E-state index in [9.17, 15) is 14.0 Å². The molecule has 32 heavy (non-hydrogen) atoms. The minimum absolute atomic E-state index is 0. The van der Waals surface area contributed by atoms with Gasteiger partial charge in [0.2, 0.25) is 5.91 Å². The molecule has 3 N–H and O–H groups in total. The van der Waals surface area contributed by atoms with Crippen molar-refractivity contribution in [1.82, 2.24) is 10.2 Å². The van der Waals surface area contributed by atoms with E-state index in [1.807, 2.05) is 58.0 Å². The van der Waals surface area contributed by atoms with Gasteiger partial charge in [-0.1, -0.05) is 44.2 Å². The van der Waals surface area contributed by atoms with Gasteiger partial charge in [-0.3, -0.25) is 14.5 Å². The van der Waals surface area contributed by atoms with Gasteiger partial charge in [0.05, 0.1) is 24.5 Å². The Labute approximate surface area is 194 Å². The molecule has 172 valence electrons.